The van der Waals surface area contributed by atoms with Gasteiger partial charge < -0.3 is 10.4 Å². The molecule has 0 radical (unpaired) electrons. The number of benzene rings is 1. The van der Waals surface area contributed by atoms with Crippen molar-refractivity contribution in [1.29, 1.82) is 0 Å². The van der Waals surface area contributed by atoms with E-state index in [1.54, 1.807) is 0 Å². The molecule has 2 heteroatoms. The topological polar surface area (TPSA) is 32.3 Å². The lowest BCUT2D eigenvalue weighted by atomic mass is 9.96. The van der Waals surface area contributed by atoms with Crippen LogP contribution in [0.2, 0.25) is 0 Å². The number of piperidine rings is 1. The molecule has 0 spiro atoms. The molecule has 1 atom stereocenters. The summed E-state index contributed by atoms with van der Waals surface area (Å²) in [4.78, 5) is 0. The zero-order valence-corrected chi connectivity index (χ0v) is 8.37. The molecule has 1 aromatic carbocycles. The first kappa shape index (κ1) is 9.69. The first-order chi connectivity index (χ1) is 6.90. The van der Waals surface area contributed by atoms with Gasteiger partial charge in [-0.05, 0) is 30.5 Å². The summed E-state index contributed by atoms with van der Waals surface area (Å²) in [5.74, 6) is 0. The van der Waals surface area contributed by atoms with Gasteiger partial charge in [0.2, 0.25) is 0 Å². The van der Waals surface area contributed by atoms with Crippen molar-refractivity contribution in [3.05, 3.63) is 35.4 Å². The first-order valence-electron chi connectivity index (χ1n) is 5.33. The average Bonchev–Trinajstić information content (AvgIpc) is 2.30. The maximum atomic E-state index is 9.04. The van der Waals surface area contributed by atoms with Gasteiger partial charge in [0, 0.05) is 6.04 Å². The summed E-state index contributed by atoms with van der Waals surface area (Å²) in [6.07, 6.45) is 3.81. The Labute approximate surface area is 85.0 Å². The molecule has 2 nitrogen and oxygen atoms in total. The van der Waals surface area contributed by atoms with Gasteiger partial charge in [-0.25, -0.2) is 0 Å². The van der Waals surface area contributed by atoms with Crippen LogP contribution in [0.5, 0.6) is 0 Å². The largest absolute Gasteiger partial charge is 0.392 e. The Morgan fingerprint density at radius 1 is 1.36 bits per heavy atom. The Morgan fingerprint density at radius 3 is 3.00 bits per heavy atom. The SMILES string of the molecule is OCc1cccc([C@H]2CCCCN2)c1. The summed E-state index contributed by atoms with van der Waals surface area (Å²) in [6, 6.07) is 8.73. The van der Waals surface area contributed by atoms with Gasteiger partial charge in [0.05, 0.1) is 6.61 Å². The van der Waals surface area contributed by atoms with E-state index in [4.69, 9.17) is 5.11 Å². The Kier molecular flexibility index (Phi) is 3.17. The molecule has 0 unspecified atom stereocenters. The second-order valence-corrected chi connectivity index (χ2v) is 3.91. The molecule has 0 bridgehead atoms. The number of nitrogens with one attached hydrogen (secondary N) is 1. The highest BCUT2D eigenvalue weighted by atomic mass is 16.3. The molecule has 0 aromatic heterocycles. The van der Waals surface area contributed by atoms with Crippen LogP contribution >= 0.6 is 0 Å². The van der Waals surface area contributed by atoms with E-state index in [2.05, 4.69) is 17.4 Å². The van der Waals surface area contributed by atoms with Crippen molar-refractivity contribution in [3.8, 4) is 0 Å². The maximum absolute atomic E-state index is 9.04. The van der Waals surface area contributed by atoms with E-state index in [-0.39, 0.29) is 6.61 Å². The molecule has 2 N–H and O–H groups in total. The number of hydrogen-bond acceptors (Lipinski definition) is 2. The van der Waals surface area contributed by atoms with Crippen LogP contribution in [0.1, 0.15) is 36.4 Å². The van der Waals surface area contributed by atoms with E-state index in [1.165, 1.54) is 24.8 Å². The predicted octanol–water partition coefficient (Wildman–Crippen LogP) is 1.99. The van der Waals surface area contributed by atoms with Gasteiger partial charge in [0.15, 0.2) is 0 Å². The van der Waals surface area contributed by atoms with Gasteiger partial charge in [0.25, 0.3) is 0 Å². The Hall–Kier alpha value is -0.860. The highest BCUT2D eigenvalue weighted by Crippen LogP contribution is 2.23. The van der Waals surface area contributed by atoms with Gasteiger partial charge in [-0.3, -0.25) is 0 Å². The molecule has 1 aliphatic heterocycles. The molecule has 1 heterocycles. The van der Waals surface area contributed by atoms with Crippen LogP contribution in [0.25, 0.3) is 0 Å². The smallest absolute Gasteiger partial charge is 0.0681 e. The molecule has 1 aromatic rings. The molecule has 0 aliphatic carbocycles. The minimum Gasteiger partial charge on any atom is -0.392 e. The van der Waals surface area contributed by atoms with Gasteiger partial charge in [-0.2, -0.15) is 0 Å². The van der Waals surface area contributed by atoms with Crippen molar-refractivity contribution in [2.75, 3.05) is 6.54 Å². The van der Waals surface area contributed by atoms with Crippen molar-refractivity contribution in [2.24, 2.45) is 0 Å². The van der Waals surface area contributed by atoms with E-state index in [1.807, 2.05) is 12.1 Å². The van der Waals surface area contributed by atoms with Crippen LogP contribution in [0, 0.1) is 0 Å². The van der Waals surface area contributed by atoms with Crippen LogP contribution in [0.4, 0.5) is 0 Å². The summed E-state index contributed by atoms with van der Waals surface area (Å²) >= 11 is 0. The Bertz CT molecular complexity index is 292. The lowest BCUT2D eigenvalue weighted by molar-refractivity contribution is 0.281. The van der Waals surface area contributed by atoms with E-state index in [0.29, 0.717) is 6.04 Å². The highest BCUT2D eigenvalue weighted by molar-refractivity contribution is 5.25. The fraction of sp³-hybridized carbons (Fsp3) is 0.500. The van der Waals surface area contributed by atoms with E-state index in [9.17, 15) is 0 Å². The number of hydrogen-bond donors (Lipinski definition) is 2. The van der Waals surface area contributed by atoms with Crippen molar-refractivity contribution >= 4 is 0 Å². The second kappa shape index (κ2) is 4.58. The molecule has 1 aliphatic rings. The quantitative estimate of drug-likeness (QED) is 0.749. The fourth-order valence-electron chi connectivity index (χ4n) is 2.04. The summed E-state index contributed by atoms with van der Waals surface area (Å²) < 4.78 is 0. The van der Waals surface area contributed by atoms with Crippen molar-refractivity contribution in [3.63, 3.8) is 0 Å². The lowest BCUT2D eigenvalue weighted by Gasteiger charge is -2.24. The van der Waals surface area contributed by atoms with Crippen LogP contribution in [-0.4, -0.2) is 11.7 Å². The molecular weight excluding hydrogens is 174 g/mol. The predicted molar refractivity (Wildman–Crippen MR) is 57.0 cm³/mol. The minimum atomic E-state index is 0.139. The normalized spacial score (nSPS) is 22.2. The number of aliphatic hydroxyl groups is 1. The van der Waals surface area contributed by atoms with Crippen LogP contribution in [-0.2, 0) is 6.61 Å². The van der Waals surface area contributed by atoms with Crippen LogP contribution in [0.15, 0.2) is 24.3 Å². The van der Waals surface area contributed by atoms with E-state index in [0.717, 1.165) is 12.1 Å². The standard InChI is InChI=1S/C12H17NO/c14-9-10-4-3-5-11(8-10)12-6-1-2-7-13-12/h3-5,8,12-14H,1-2,6-7,9H2/t12-/m1/s1. The highest BCUT2D eigenvalue weighted by Gasteiger charge is 2.14. The van der Waals surface area contributed by atoms with Gasteiger partial charge in [-0.15, -0.1) is 0 Å². The summed E-state index contributed by atoms with van der Waals surface area (Å²) in [5, 5.41) is 12.5. The van der Waals surface area contributed by atoms with Gasteiger partial charge >= 0.3 is 0 Å². The van der Waals surface area contributed by atoms with E-state index >= 15 is 0 Å². The Balaban J connectivity index is 2.13. The fourth-order valence-corrected chi connectivity index (χ4v) is 2.04. The molecule has 0 amide bonds. The third-order valence-corrected chi connectivity index (χ3v) is 2.85. The second-order valence-electron chi connectivity index (χ2n) is 3.91. The number of aliphatic hydroxyl groups excluding tert-OH is 1. The molecule has 0 saturated carbocycles. The monoisotopic (exact) mass is 191 g/mol. The summed E-state index contributed by atoms with van der Waals surface area (Å²) in [5.41, 5.74) is 2.33. The van der Waals surface area contributed by atoms with E-state index < -0.39 is 0 Å². The molecule has 76 valence electrons. The molecule has 1 fully saturated rings. The van der Waals surface area contributed by atoms with Crippen molar-refractivity contribution < 1.29 is 5.11 Å². The van der Waals surface area contributed by atoms with Crippen molar-refractivity contribution in [2.45, 2.75) is 31.9 Å². The minimum absolute atomic E-state index is 0.139. The Morgan fingerprint density at radius 2 is 2.29 bits per heavy atom. The third-order valence-electron chi connectivity index (χ3n) is 2.85. The van der Waals surface area contributed by atoms with Crippen molar-refractivity contribution in [1.82, 2.24) is 5.32 Å². The van der Waals surface area contributed by atoms with Gasteiger partial charge in [-0.1, -0.05) is 30.7 Å². The average molecular weight is 191 g/mol. The first-order valence-corrected chi connectivity index (χ1v) is 5.33. The molecule has 1 saturated heterocycles. The molecule has 14 heavy (non-hydrogen) atoms. The molecular formula is C12H17NO. The van der Waals surface area contributed by atoms with Gasteiger partial charge in [0.1, 0.15) is 0 Å². The number of rotatable bonds is 2. The third kappa shape index (κ3) is 2.14. The molecule has 2 rings (SSSR count). The lowest BCUT2D eigenvalue weighted by Crippen LogP contribution is -2.26. The zero-order chi connectivity index (χ0) is 9.80. The maximum Gasteiger partial charge on any atom is 0.0681 e. The summed E-state index contributed by atoms with van der Waals surface area (Å²) in [7, 11) is 0. The van der Waals surface area contributed by atoms with Crippen LogP contribution in [0.3, 0.4) is 0 Å². The van der Waals surface area contributed by atoms with Crippen LogP contribution < -0.4 is 5.32 Å². The summed E-state index contributed by atoms with van der Waals surface area (Å²) in [6.45, 7) is 1.26. The zero-order valence-electron chi connectivity index (χ0n) is 8.37.